The van der Waals surface area contributed by atoms with Gasteiger partial charge in [0, 0.05) is 61.1 Å². The van der Waals surface area contributed by atoms with E-state index in [0.29, 0.717) is 13.1 Å². The molecule has 6 nitrogen and oxygen atoms in total. The zero-order valence-corrected chi connectivity index (χ0v) is 15.7. The van der Waals surface area contributed by atoms with E-state index >= 15 is 0 Å². The average molecular weight is 374 g/mol. The van der Waals surface area contributed by atoms with E-state index in [0.717, 1.165) is 66.3 Å². The van der Waals surface area contributed by atoms with Gasteiger partial charge in [0.2, 0.25) is 0 Å². The predicted octanol–water partition coefficient (Wildman–Crippen LogP) is 2.66. The number of aromatic nitrogens is 2. The summed E-state index contributed by atoms with van der Waals surface area (Å²) in [4.78, 5) is 26.2. The molecule has 1 fully saturated rings. The summed E-state index contributed by atoms with van der Waals surface area (Å²) >= 11 is 0. The summed E-state index contributed by atoms with van der Waals surface area (Å²) in [6, 6.07) is 14.0. The minimum Gasteiger partial charge on any atom is -0.378 e. The Morgan fingerprint density at radius 3 is 2.68 bits per heavy atom. The first kappa shape index (κ1) is 17.1. The lowest BCUT2D eigenvalue weighted by atomic mass is 10.0. The third-order valence-corrected chi connectivity index (χ3v) is 5.52. The number of carbonyl (C=O) groups is 1. The molecule has 0 unspecified atom stereocenters. The van der Waals surface area contributed by atoms with Crippen molar-refractivity contribution in [3.63, 3.8) is 0 Å². The lowest BCUT2D eigenvalue weighted by molar-refractivity contribution is 0.0733. The Labute approximate surface area is 163 Å². The second-order valence-corrected chi connectivity index (χ2v) is 7.27. The van der Waals surface area contributed by atoms with E-state index in [4.69, 9.17) is 4.74 Å². The number of rotatable bonds is 2. The number of benzene rings is 1. The average Bonchev–Trinajstić information content (AvgIpc) is 2.77. The summed E-state index contributed by atoms with van der Waals surface area (Å²) in [6.07, 6.45) is 2.53. The topological polar surface area (TPSA) is 58.6 Å². The van der Waals surface area contributed by atoms with Crippen LogP contribution in [-0.4, -0.2) is 53.6 Å². The van der Waals surface area contributed by atoms with E-state index in [9.17, 15) is 4.79 Å². The van der Waals surface area contributed by atoms with Crippen molar-refractivity contribution in [1.82, 2.24) is 14.9 Å². The van der Waals surface area contributed by atoms with Crippen LogP contribution < -0.4 is 4.90 Å². The summed E-state index contributed by atoms with van der Waals surface area (Å²) in [5, 5.41) is 1.02. The lowest BCUT2D eigenvalue weighted by Crippen LogP contribution is -2.37. The van der Waals surface area contributed by atoms with Crippen molar-refractivity contribution in [1.29, 1.82) is 0 Å². The van der Waals surface area contributed by atoms with Crippen LogP contribution in [0.3, 0.4) is 0 Å². The molecule has 0 bridgehead atoms. The highest BCUT2D eigenvalue weighted by atomic mass is 16.5. The highest BCUT2D eigenvalue weighted by Crippen LogP contribution is 2.24. The monoisotopic (exact) mass is 374 g/mol. The Balaban J connectivity index is 1.34. The van der Waals surface area contributed by atoms with E-state index in [2.05, 4.69) is 20.9 Å². The zero-order valence-electron chi connectivity index (χ0n) is 15.7. The van der Waals surface area contributed by atoms with Crippen LogP contribution in [0.25, 0.3) is 11.0 Å². The molecule has 0 radical (unpaired) electrons. The molecule has 1 amide bonds. The zero-order chi connectivity index (χ0) is 18.9. The molecule has 5 rings (SSSR count). The molecule has 4 heterocycles. The third-order valence-electron chi connectivity index (χ3n) is 5.52. The van der Waals surface area contributed by atoms with Crippen LogP contribution in [0, 0.1) is 0 Å². The van der Waals surface area contributed by atoms with Crippen molar-refractivity contribution in [2.45, 2.75) is 13.0 Å². The molecule has 2 aromatic heterocycles. The number of pyridine rings is 2. The Kier molecular flexibility index (Phi) is 4.41. The Hall–Kier alpha value is -2.99. The number of fused-ring (bicyclic) bond motifs is 2. The summed E-state index contributed by atoms with van der Waals surface area (Å²) < 4.78 is 5.41. The fourth-order valence-electron chi connectivity index (χ4n) is 3.96. The van der Waals surface area contributed by atoms with Gasteiger partial charge in [0.15, 0.2) is 5.65 Å². The maximum Gasteiger partial charge on any atom is 0.254 e. The molecule has 0 aliphatic carbocycles. The molecule has 0 atom stereocenters. The third kappa shape index (κ3) is 3.20. The van der Waals surface area contributed by atoms with Crippen molar-refractivity contribution in [2.75, 3.05) is 37.7 Å². The van der Waals surface area contributed by atoms with Crippen LogP contribution in [-0.2, 0) is 17.7 Å². The first-order chi connectivity index (χ1) is 13.8. The molecule has 1 aromatic carbocycles. The predicted molar refractivity (Wildman–Crippen MR) is 107 cm³/mol. The number of ether oxygens (including phenoxy) is 1. The van der Waals surface area contributed by atoms with Crippen molar-refractivity contribution in [3.05, 3.63) is 65.5 Å². The number of morpholine rings is 1. The van der Waals surface area contributed by atoms with Gasteiger partial charge in [0.1, 0.15) is 0 Å². The maximum atomic E-state index is 13.0. The molecule has 6 heteroatoms. The molecule has 0 spiro atoms. The maximum absolute atomic E-state index is 13.0. The summed E-state index contributed by atoms with van der Waals surface area (Å²) in [5.74, 6) is 0.0745. The van der Waals surface area contributed by atoms with Crippen LogP contribution in [0.5, 0.6) is 0 Å². The van der Waals surface area contributed by atoms with E-state index in [1.807, 2.05) is 41.3 Å². The first-order valence-electron chi connectivity index (χ1n) is 9.73. The molecule has 28 heavy (non-hydrogen) atoms. The van der Waals surface area contributed by atoms with Gasteiger partial charge in [-0.05, 0) is 48.0 Å². The van der Waals surface area contributed by atoms with E-state index in [1.165, 1.54) is 0 Å². The van der Waals surface area contributed by atoms with Crippen LogP contribution in [0.15, 0.2) is 48.7 Å². The molecule has 142 valence electrons. The normalized spacial score (nSPS) is 16.9. The second-order valence-electron chi connectivity index (χ2n) is 7.27. The summed E-state index contributed by atoms with van der Waals surface area (Å²) in [5.41, 5.74) is 4.82. The molecular weight excluding hydrogens is 352 g/mol. The van der Waals surface area contributed by atoms with Gasteiger partial charge in [-0.1, -0.05) is 0 Å². The van der Waals surface area contributed by atoms with Gasteiger partial charge in [0.25, 0.3) is 5.91 Å². The number of hydrogen-bond acceptors (Lipinski definition) is 5. The second kappa shape index (κ2) is 7.20. The fraction of sp³-hybridized carbons (Fsp3) is 0.318. The van der Waals surface area contributed by atoms with Gasteiger partial charge in [-0.3, -0.25) is 4.79 Å². The number of carbonyl (C=O) groups excluding carboxylic acids is 1. The molecule has 1 saturated heterocycles. The Bertz CT molecular complexity index is 1010. The van der Waals surface area contributed by atoms with Gasteiger partial charge in [-0.25, -0.2) is 9.97 Å². The minimum absolute atomic E-state index is 0.0745. The standard InChI is InChI=1S/C22H22N4O2/c27-22(16-3-5-19(6-4-16)25-10-12-28-13-11-25)26-9-7-20-18(15-26)14-17-2-1-8-23-21(17)24-20/h1-6,8,14H,7,9-13,15H2. The van der Waals surface area contributed by atoms with E-state index in [1.54, 1.807) is 6.20 Å². The molecule has 2 aliphatic rings. The van der Waals surface area contributed by atoms with Gasteiger partial charge < -0.3 is 14.5 Å². The molecule has 0 N–H and O–H groups in total. The van der Waals surface area contributed by atoms with Crippen LogP contribution >= 0.6 is 0 Å². The van der Waals surface area contributed by atoms with Crippen molar-refractivity contribution in [2.24, 2.45) is 0 Å². The van der Waals surface area contributed by atoms with E-state index < -0.39 is 0 Å². The fourth-order valence-corrected chi connectivity index (χ4v) is 3.96. The van der Waals surface area contributed by atoms with Gasteiger partial charge in [0.05, 0.1) is 13.2 Å². The van der Waals surface area contributed by atoms with Gasteiger partial charge in [-0.15, -0.1) is 0 Å². The lowest BCUT2D eigenvalue weighted by Gasteiger charge is -2.30. The number of amides is 1. The van der Waals surface area contributed by atoms with Crippen molar-refractivity contribution in [3.8, 4) is 0 Å². The SMILES string of the molecule is O=C(c1ccc(N2CCOCC2)cc1)N1CCc2nc3ncccc3cc2C1. The molecular formula is C22H22N4O2. The highest BCUT2D eigenvalue weighted by molar-refractivity contribution is 5.94. The van der Waals surface area contributed by atoms with Crippen LogP contribution in [0.1, 0.15) is 21.6 Å². The minimum atomic E-state index is 0.0745. The number of hydrogen-bond donors (Lipinski definition) is 0. The molecule has 2 aliphatic heterocycles. The van der Waals surface area contributed by atoms with Crippen LogP contribution in [0.4, 0.5) is 5.69 Å². The van der Waals surface area contributed by atoms with Crippen LogP contribution in [0.2, 0.25) is 0 Å². The number of anilines is 1. The van der Waals surface area contributed by atoms with Crippen molar-refractivity contribution < 1.29 is 9.53 Å². The summed E-state index contributed by atoms with van der Waals surface area (Å²) in [7, 11) is 0. The summed E-state index contributed by atoms with van der Waals surface area (Å²) in [6.45, 7) is 4.58. The van der Waals surface area contributed by atoms with E-state index in [-0.39, 0.29) is 5.91 Å². The molecule has 3 aromatic rings. The largest absolute Gasteiger partial charge is 0.378 e. The Morgan fingerprint density at radius 2 is 1.86 bits per heavy atom. The molecule has 0 saturated carbocycles. The smallest absolute Gasteiger partial charge is 0.254 e. The Morgan fingerprint density at radius 1 is 1.04 bits per heavy atom. The highest BCUT2D eigenvalue weighted by Gasteiger charge is 2.23. The first-order valence-corrected chi connectivity index (χ1v) is 9.73. The van der Waals surface area contributed by atoms with Gasteiger partial charge in [-0.2, -0.15) is 0 Å². The van der Waals surface area contributed by atoms with Gasteiger partial charge >= 0.3 is 0 Å². The number of nitrogens with zero attached hydrogens (tertiary/aromatic N) is 4. The van der Waals surface area contributed by atoms with Crippen molar-refractivity contribution >= 4 is 22.6 Å². The quantitative estimate of drug-likeness (QED) is 0.690.